The van der Waals surface area contributed by atoms with Gasteiger partial charge in [-0.3, -0.25) is 10.3 Å². The third kappa shape index (κ3) is 4.20. The van der Waals surface area contributed by atoms with E-state index >= 15 is 0 Å². The maximum absolute atomic E-state index is 10.4. The monoisotopic (exact) mass is 325 g/mol. The van der Waals surface area contributed by atoms with Crippen LogP contribution in [0.3, 0.4) is 0 Å². The number of anilines is 1. The average Bonchev–Trinajstić information content (AvgIpc) is 2.55. The topological polar surface area (TPSA) is 78.4 Å². The molecule has 2 fully saturated rings. The highest BCUT2D eigenvalue weighted by atomic mass is 16.8. The van der Waals surface area contributed by atoms with Crippen molar-refractivity contribution < 1.29 is 28.9 Å². The molecule has 2 heterocycles. The van der Waals surface area contributed by atoms with Crippen LogP contribution in [0.1, 0.15) is 13.8 Å². The van der Waals surface area contributed by atoms with Gasteiger partial charge in [-0.25, -0.2) is 0 Å². The first-order valence-corrected chi connectivity index (χ1v) is 7.82. The van der Waals surface area contributed by atoms with E-state index in [1.807, 2.05) is 37.3 Å². The van der Waals surface area contributed by atoms with Gasteiger partial charge in [0.15, 0.2) is 12.6 Å². The van der Waals surface area contributed by atoms with Gasteiger partial charge in [-0.05, 0) is 26.0 Å². The fourth-order valence-corrected chi connectivity index (χ4v) is 2.78. The van der Waals surface area contributed by atoms with Crippen molar-refractivity contribution in [2.75, 3.05) is 18.7 Å². The van der Waals surface area contributed by atoms with E-state index in [0.717, 1.165) is 5.69 Å². The van der Waals surface area contributed by atoms with Crippen molar-refractivity contribution in [3.8, 4) is 0 Å². The molecule has 2 N–H and O–H groups in total. The highest BCUT2D eigenvalue weighted by Gasteiger charge is 2.46. The Morgan fingerprint density at radius 2 is 1.96 bits per heavy atom. The molecule has 1 aromatic carbocycles. The molecule has 0 bridgehead atoms. The van der Waals surface area contributed by atoms with Crippen LogP contribution in [0.2, 0.25) is 0 Å². The van der Waals surface area contributed by atoms with Gasteiger partial charge in [0, 0.05) is 0 Å². The van der Waals surface area contributed by atoms with Crippen molar-refractivity contribution in [2.24, 2.45) is 0 Å². The molecule has 2 aliphatic heterocycles. The number of para-hydroxylation sites is 1. The maximum atomic E-state index is 10.4. The van der Waals surface area contributed by atoms with E-state index in [1.54, 1.807) is 6.92 Å². The summed E-state index contributed by atoms with van der Waals surface area (Å²) in [6.07, 6.45) is -2.81. The van der Waals surface area contributed by atoms with Gasteiger partial charge in [0.1, 0.15) is 31.0 Å². The minimum atomic E-state index is -0.852. The van der Waals surface area contributed by atoms with E-state index in [0.29, 0.717) is 6.61 Å². The van der Waals surface area contributed by atoms with Crippen LogP contribution in [-0.4, -0.2) is 55.3 Å². The van der Waals surface area contributed by atoms with Gasteiger partial charge in [0.05, 0.1) is 12.3 Å². The first-order chi connectivity index (χ1) is 11.1. The first kappa shape index (κ1) is 16.6. The first-order valence-electron chi connectivity index (χ1n) is 7.82. The van der Waals surface area contributed by atoms with Crippen molar-refractivity contribution in [3.05, 3.63) is 30.3 Å². The third-order valence-electron chi connectivity index (χ3n) is 3.85. The van der Waals surface area contributed by atoms with Crippen LogP contribution < -0.4 is 5.48 Å². The quantitative estimate of drug-likeness (QED) is 0.790. The largest absolute Gasteiger partial charge is 0.388 e. The minimum absolute atomic E-state index is 0.0636. The molecule has 2 unspecified atom stereocenters. The SMILES string of the molecule is CC1OC[C@H]2OC(C)O[C@H]([C@@H](O)CONc3ccccc3)[C@@H]2O1. The second-order valence-corrected chi connectivity index (χ2v) is 5.69. The summed E-state index contributed by atoms with van der Waals surface area (Å²) in [5, 5.41) is 10.4. The van der Waals surface area contributed by atoms with Crippen LogP contribution in [0.25, 0.3) is 0 Å². The fraction of sp³-hybridized carbons (Fsp3) is 0.625. The number of fused-ring (bicyclic) bond motifs is 1. The lowest BCUT2D eigenvalue weighted by Gasteiger charge is -2.45. The Balaban J connectivity index is 1.55. The van der Waals surface area contributed by atoms with Crippen LogP contribution in [-0.2, 0) is 23.8 Å². The summed E-state index contributed by atoms with van der Waals surface area (Å²) >= 11 is 0. The summed E-state index contributed by atoms with van der Waals surface area (Å²) in [5.74, 6) is 0. The van der Waals surface area contributed by atoms with Crippen molar-refractivity contribution >= 4 is 5.69 Å². The Hall–Kier alpha value is -1.22. The van der Waals surface area contributed by atoms with Gasteiger partial charge in [-0.15, -0.1) is 0 Å². The summed E-state index contributed by atoms with van der Waals surface area (Å²) in [6, 6.07) is 9.46. The molecule has 0 radical (unpaired) electrons. The molecule has 7 heteroatoms. The predicted octanol–water partition coefficient (Wildman–Crippen LogP) is 1.28. The Kier molecular flexibility index (Phi) is 5.47. The number of hydrogen-bond donors (Lipinski definition) is 2. The second kappa shape index (κ2) is 7.57. The molecule has 0 saturated carbocycles. The zero-order chi connectivity index (χ0) is 16.2. The Morgan fingerprint density at radius 3 is 2.74 bits per heavy atom. The van der Waals surface area contributed by atoms with Crippen LogP contribution in [0.5, 0.6) is 0 Å². The van der Waals surface area contributed by atoms with Gasteiger partial charge >= 0.3 is 0 Å². The summed E-state index contributed by atoms with van der Waals surface area (Å²) < 4.78 is 22.5. The zero-order valence-corrected chi connectivity index (χ0v) is 13.3. The molecule has 2 aliphatic rings. The number of aliphatic hydroxyl groups is 1. The Labute approximate surface area is 135 Å². The molecule has 7 nitrogen and oxygen atoms in total. The van der Waals surface area contributed by atoms with Crippen LogP contribution in [0, 0.1) is 0 Å². The highest BCUT2D eigenvalue weighted by Crippen LogP contribution is 2.29. The van der Waals surface area contributed by atoms with Gasteiger partial charge in [0.25, 0.3) is 0 Å². The standard InChI is InChI=1S/C16H23NO6/c1-10-19-9-14-16(22-10)15(23-11(2)21-14)13(18)8-20-17-12-6-4-3-5-7-12/h3-7,10-11,13-18H,8-9H2,1-2H3/t10?,11?,13-,14+,15+,16+/m0/s1. The molecule has 0 aromatic heterocycles. The lowest BCUT2D eigenvalue weighted by Crippen LogP contribution is -2.60. The van der Waals surface area contributed by atoms with E-state index < -0.39 is 18.5 Å². The van der Waals surface area contributed by atoms with E-state index in [-0.39, 0.29) is 25.1 Å². The molecule has 2 saturated heterocycles. The molecule has 0 spiro atoms. The fourth-order valence-electron chi connectivity index (χ4n) is 2.78. The minimum Gasteiger partial charge on any atom is -0.388 e. The second-order valence-electron chi connectivity index (χ2n) is 5.69. The van der Waals surface area contributed by atoms with Crippen LogP contribution in [0.15, 0.2) is 30.3 Å². The number of nitrogens with one attached hydrogen (secondary N) is 1. The number of benzene rings is 1. The molecular weight excluding hydrogens is 302 g/mol. The number of hydrogen-bond acceptors (Lipinski definition) is 7. The molecule has 23 heavy (non-hydrogen) atoms. The lowest BCUT2D eigenvalue weighted by atomic mass is 10.0. The van der Waals surface area contributed by atoms with E-state index in [4.69, 9.17) is 23.8 Å². The average molecular weight is 325 g/mol. The van der Waals surface area contributed by atoms with Crippen molar-refractivity contribution in [1.29, 1.82) is 0 Å². The molecule has 0 amide bonds. The van der Waals surface area contributed by atoms with E-state index in [1.165, 1.54) is 0 Å². The summed E-state index contributed by atoms with van der Waals surface area (Å²) in [4.78, 5) is 5.37. The molecule has 6 atom stereocenters. The predicted molar refractivity (Wildman–Crippen MR) is 81.5 cm³/mol. The Morgan fingerprint density at radius 1 is 1.17 bits per heavy atom. The Bertz CT molecular complexity index is 487. The van der Waals surface area contributed by atoms with Crippen molar-refractivity contribution in [1.82, 2.24) is 0 Å². The maximum Gasteiger partial charge on any atom is 0.156 e. The van der Waals surface area contributed by atoms with Crippen molar-refractivity contribution in [2.45, 2.75) is 50.8 Å². The zero-order valence-electron chi connectivity index (χ0n) is 13.3. The van der Waals surface area contributed by atoms with Gasteiger partial charge in [-0.2, -0.15) is 0 Å². The molecule has 0 aliphatic carbocycles. The third-order valence-corrected chi connectivity index (χ3v) is 3.85. The highest BCUT2D eigenvalue weighted by molar-refractivity contribution is 5.39. The van der Waals surface area contributed by atoms with E-state index in [2.05, 4.69) is 5.48 Å². The smallest absolute Gasteiger partial charge is 0.156 e. The summed E-state index contributed by atoms with van der Waals surface area (Å²) in [5.41, 5.74) is 3.61. The van der Waals surface area contributed by atoms with Gasteiger partial charge in [-0.1, -0.05) is 18.2 Å². The number of rotatable bonds is 5. The molecular formula is C16H23NO6. The van der Waals surface area contributed by atoms with Crippen LogP contribution >= 0.6 is 0 Å². The normalized spacial score (nSPS) is 35.3. The summed E-state index contributed by atoms with van der Waals surface area (Å²) in [7, 11) is 0. The molecule has 1 aromatic rings. The van der Waals surface area contributed by atoms with Gasteiger partial charge < -0.3 is 24.1 Å². The molecule has 128 valence electrons. The van der Waals surface area contributed by atoms with Gasteiger partial charge in [0.2, 0.25) is 0 Å². The summed E-state index contributed by atoms with van der Waals surface area (Å²) in [6.45, 7) is 4.09. The van der Waals surface area contributed by atoms with E-state index in [9.17, 15) is 5.11 Å². The van der Waals surface area contributed by atoms with Crippen LogP contribution in [0.4, 0.5) is 5.69 Å². The lowest BCUT2D eigenvalue weighted by molar-refractivity contribution is -0.361. The number of ether oxygens (including phenoxy) is 4. The number of aliphatic hydroxyl groups excluding tert-OH is 1. The molecule has 3 rings (SSSR count). The van der Waals surface area contributed by atoms with Crippen molar-refractivity contribution in [3.63, 3.8) is 0 Å².